The van der Waals surface area contributed by atoms with Gasteiger partial charge in [0.05, 0.1) is 21.3 Å². The lowest BCUT2D eigenvalue weighted by molar-refractivity contribution is 0.104. The molecule has 5 heteroatoms. The zero-order chi connectivity index (χ0) is 17.8. The number of ketones is 1. The molecule has 2 aromatic carbocycles. The quantitative estimate of drug-likeness (QED) is 0.494. The minimum Gasteiger partial charge on any atom is -0.493 e. The molecule has 3 rings (SSSR count). The summed E-state index contributed by atoms with van der Waals surface area (Å²) in [7, 11) is 4.54. The Balaban J connectivity index is 1.89. The van der Waals surface area contributed by atoms with E-state index in [2.05, 4.69) is 0 Å². The Hall–Kier alpha value is -3.21. The smallest absolute Gasteiger partial charge is 0.203 e. The second-order valence-corrected chi connectivity index (χ2v) is 5.30. The second kappa shape index (κ2) is 7.13. The van der Waals surface area contributed by atoms with Crippen molar-refractivity contribution in [2.24, 2.45) is 0 Å². The molecule has 0 N–H and O–H groups in total. The van der Waals surface area contributed by atoms with Crippen molar-refractivity contribution in [2.75, 3.05) is 21.3 Å². The fraction of sp³-hybridized carbons (Fsp3) is 0.150. The third kappa shape index (κ3) is 3.35. The van der Waals surface area contributed by atoms with Crippen LogP contribution in [0.1, 0.15) is 16.1 Å². The highest BCUT2D eigenvalue weighted by Crippen LogP contribution is 2.38. The summed E-state index contributed by atoms with van der Waals surface area (Å²) in [4.78, 5) is 12.5. The van der Waals surface area contributed by atoms with Crippen molar-refractivity contribution < 1.29 is 23.4 Å². The van der Waals surface area contributed by atoms with Crippen molar-refractivity contribution in [3.05, 3.63) is 59.9 Å². The Kier molecular flexibility index (Phi) is 4.75. The van der Waals surface area contributed by atoms with Gasteiger partial charge >= 0.3 is 0 Å². The van der Waals surface area contributed by atoms with Crippen molar-refractivity contribution in [3.63, 3.8) is 0 Å². The molecule has 0 saturated carbocycles. The van der Waals surface area contributed by atoms with Gasteiger partial charge in [-0.3, -0.25) is 4.79 Å². The molecule has 0 saturated heterocycles. The van der Waals surface area contributed by atoms with Crippen molar-refractivity contribution in [2.45, 2.75) is 0 Å². The first-order chi connectivity index (χ1) is 12.2. The van der Waals surface area contributed by atoms with Crippen LogP contribution in [-0.2, 0) is 0 Å². The Labute approximate surface area is 145 Å². The van der Waals surface area contributed by atoms with Crippen LogP contribution in [0.3, 0.4) is 0 Å². The molecular weight excluding hydrogens is 320 g/mol. The highest BCUT2D eigenvalue weighted by molar-refractivity contribution is 6.07. The highest BCUT2D eigenvalue weighted by atomic mass is 16.5. The lowest BCUT2D eigenvalue weighted by Crippen LogP contribution is -2.00. The molecule has 0 atom stereocenters. The van der Waals surface area contributed by atoms with Crippen LogP contribution in [0.25, 0.3) is 17.0 Å². The fourth-order valence-corrected chi connectivity index (χ4v) is 2.56. The van der Waals surface area contributed by atoms with Crippen LogP contribution in [-0.4, -0.2) is 27.1 Å². The zero-order valence-corrected chi connectivity index (χ0v) is 14.2. The lowest BCUT2D eigenvalue weighted by atomic mass is 10.1. The van der Waals surface area contributed by atoms with Crippen LogP contribution in [0.15, 0.2) is 53.0 Å². The van der Waals surface area contributed by atoms with Gasteiger partial charge < -0.3 is 18.6 Å². The predicted octanol–water partition coefficient (Wildman–Crippen LogP) is 4.35. The number of rotatable bonds is 6. The molecular formula is C20H18O5. The summed E-state index contributed by atoms with van der Waals surface area (Å²) < 4.78 is 21.5. The average Bonchev–Trinajstić information content (AvgIpc) is 3.07. The minimum absolute atomic E-state index is 0.195. The number of fused-ring (bicyclic) bond motifs is 1. The monoisotopic (exact) mass is 338 g/mol. The first-order valence-electron chi connectivity index (χ1n) is 7.67. The van der Waals surface area contributed by atoms with E-state index in [1.54, 1.807) is 18.2 Å². The van der Waals surface area contributed by atoms with Crippen LogP contribution < -0.4 is 14.2 Å². The molecule has 128 valence electrons. The Morgan fingerprint density at radius 2 is 1.64 bits per heavy atom. The maximum absolute atomic E-state index is 12.5. The summed E-state index contributed by atoms with van der Waals surface area (Å²) in [6.45, 7) is 0. The number of carbonyl (C=O) groups excluding carboxylic acids is 1. The molecule has 0 spiro atoms. The number of para-hydroxylation sites is 1. The first kappa shape index (κ1) is 16.6. The highest BCUT2D eigenvalue weighted by Gasteiger charge is 2.15. The van der Waals surface area contributed by atoms with Crippen molar-refractivity contribution in [3.8, 4) is 17.2 Å². The van der Waals surface area contributed by atoms with Crippen LogP contribution in [0.4, 0.5) is 0 Å². The van der Waals surface area contributed by atoms with Gasteiger partial charge in [-0.2, -0.15) is 0 Å². The molecule has 3 aromatic rings. The van der Waals surface area contributed by atoms with Gasteiger partial charge in [0.25, 0.3) is 0 Å². The van der Waals surface area contributed by atoms with E-state index >= 15 is 0 Å². The van der Waals surface area contributed by atoms with E-state index in [0.29, 0.717) is 28.6 Å². The first-order valence-corrected chi connectivity index (χ1v) is 7.67. The van der Waals surface area contributed by atoms with E-state index in [1.807, 2.05) is 30.3 Å². The Morgan fingerprint density at radius 1 is 0.960 bits per heavy atom. The summed E-state index contributed by atoms with van der Waals surface area (Å²) in [5, 5.41) is 0.988. The normalized spacial score (nSPS) is 11.0. The maximum atomic E-state index is 12.5. The third-order valence-corrected chi connectivity index (χ3v) is 3.79. The van der Waals surface area contributed by atoms with Gasteiger partial charge in [0, 0.05) is 10.9 Å². The van der Waals surface area contributed by atoms with Gasteiger partial charge in [0.1, 0.15) is 11.3 Å². The van der Waals surface area contributed by atoms with Crippen LogP contribution >= 0.6 is 0 Å². The Morgan fingerprint density at radius 3 is 2.24 bits per heavy atom. The fourth-order valence-electron chi connectivity index (χ4n) is 2.56. The number of allylic oxidation sites excluding steroid dienone is 1. The van der Waals surface area contributed by atoms with Crippen molar-refractivity contribution in [1.29, 1.82) is 0 Å². The zero-order valence-electron chi connectivity index (χ0n) is 14.2. The Bertz CT molecular complexity index is 878. The van der Waals surface area contributed by atoms with E-state index in [-0.39, 0.29) is 5.78 Å². The van der Waals surface area contributed by atoms with E-state index in [0.717, 1.165) is 11.0 Å². The van der Waals surface area contributed by atoms with Gasteiger partial charge in [-0.05, 0) is 36.4 Å². The summed E-state index contributed by atoms with van der Waals surface area (Å²) in [6, 6.07) is 12.8. The molecule has 0 radical (unpaired) electrons. The van der Waals surface area contributed by atoms with Crippen LogP contribution in [0, 0.1) is 0 Å². The molecule has 0 bridgehead atoms. The van der Waals surface area contributed by atoms with Gasteiger partial charge in [-0.15, -0.1) is 0 Å². The van der Waals surface area contributed by atoms with Gasteiger partial charge in [0.2, 0.25) is 5.75 Å². The SMILES string of the molecule is COc1cc(C(=O)/C=C/c2cc3ccccc3o2)cc(OC)c1OC. The molecule has 0 unspecified atom stereocenters. The molecule has 0 aliphatic heterocycles. The molecule has 5 nitrogen and oxygen atoms in total. The average molecular weight is 338 g/mol. The molecule has 0 fully saturated rings. The van der Waals surface area contributed by atoms with Crippen molar-refractivity contribution >= 4 is 22.8 Å². The van der Waals surface area contributed by atoms with Crippen LogP contribution in [0.5, 0.6) is 17.2 Å². The molecule has 0 aliphatic carbocycles. The lowest BCUT2D eigenvalue weighted by Gasteiger charge is -2.13. The number of hydrogen-bond acceptors (Lipinski definition) is 5. The number of methoxy groups -OCH3 is 3. The third-order valence-electron chi connectivity index (χ3n) is 3.79. The van der Waals surface area contributed by atoms with E-state index < -0.39 is 0 Å². The summed E-state index contributed by atoms with van der Waals surface area (Å²) in [5.74, 6) is 1.73. The second-order valence-electron chi connectivity index (χ2n) is 5.30. The summed E-state index contributed by atoms with van der Waals surface area (Å²) in [6.07, 6.45) is 3.10. The number of hydrogen-bond donors (Lipinski definition) is 0. The van der Waals surface area contributed by atoms with Gasteiger partial charge in [-0.1, -0.05) is 18.2 Å². The molecule has 25 heavy (non-hydrogen) atoms. The van der Waals surface area contributed by atoms with Crippen LogP contribution in [0.2, 0.25) is 0 Å². The number of furan rings is 1. The molecule has 1 aromatic heterocycles. The molecule has 0 aliphatic rings. The van der Waals surface area contributed by atoms with Gasteiger partial charge in [-0.25, -0.2) is 0 Å². The topological polar surface area (TPSA) is 57.9 Å². The van der Waals surface area contributed by atoms with E-state index in [9.17, 15) is 4.79 Å². The predicted molar refractivity (Wildman–Crippen MR) is 95.7 cm³/mol. The minimum atomic E-state index is -0.195. The standard InChI is InChI=1S/C20H18O5/c1-22-18-11-14(12-19(23-2)20(18)24-3)16(21)9-8-15-10-13-6-4-5-7-17(13)25-15/h4-12H,1-3H3/b9-8+. The van der Waals surface area contributed by atoms with Gasteiger partial charge in [0.15, 0.2) is 17.3 Å². The largest absolute Gasteiger partial charge is 0.493 e. The number of ether oxygens (including phenoxy) is 3. The maximum Gasteiger partial charge on any atom is 0.203 e. The summed E-state index contributed by atoms with van der Waals surface area (Å²) in [5.41, 5.74) is 1.21. The summed E-state index contributed by atoms with van der Waals surface area (Å²) >= 11 is 0. The van der Waals surface area contributed by atoms with Crippen molar-refractivity contribution in [1.82, 2.24) is 0 Å². The van der Waals surface area contributed by atoms with E-state index in [4.69, 9.17) is 18.6 Å². The number of benzene rings is 2. The molecule has 1 heterocycles. The molecule has 0 amide bonds. The van der Waals surface area contributed by atoms with E-state index in [1.165, 1.54) is 27.4 Å². The number of carbonyl (C=O) groups is 1.